The van der Waals surface area contributed by atoms with Gasteiger partial charge in [-0.1, -0.05) is 13.8 Å². The highest BCUT2D eigenvalue weighted by atomic mass is 15.2. The molecule has 0 aromatic carbocycles. The van der Waals surface area contributed by atoms with Crippen molar-refractivity contribution >= 4 is 0 Å². The van der Waals surface area contributed by atoms with Crippen molar-refractivity contribution in [2.24, 2.45) is 11.7 Å². The van der Waals surface area contributed by atoms with Crippen LogP contribution in [0.3, 0.4) is 0 Å². The molecule has 1 fully saturated rings. The molecular weight excluding hydrogens is 172 g/mol. The summed E-state index contributed by atoms with van der Waals surface area (Å²) in [4.78, 5) is 2.68. The van der Waals surface area contributed by atoms with Crippen LogP contribution >= 0.6 is 0 Å². The van der Waals surface area contributed by atoms with Crippen LogP contribution in [0.1, 0.15) is 46.0 Å². The SMILES string of the molecule is CC(C)CCN(CCCCN)C1CC1. The highest BCUT2D eigenvalue weighted by Gasteiger charge is 2.27. The number of nitrogens with zero attached hydrogens (tertiary/aromatic N) is 1. The van der Waals surface area contributed by atoms with E-state index in [-0.39, 0.29) is 0 Å². The maximum Gasteiger partial charge on any atom is 0.00964 e. The summed E-state index contributed by atoms with van der Waals surface area (Å²) in [6.07, 6.45) is 6.68. The summed E-state index contributed by atoms with van der Waals surface area (Å²) >= 11 is 0. The van der Waals surface area contributed by atoms with E-state index in [1.807, 2.05) is 0 Å². The van der Waals surface area contributed by atoms with Gasteiger partial charge in [0.2, 0.25) is 0 Å². The van der Waals surface area contributed by atoms with Crippen molar-refractivity contribution in [1.82, 2.24) is 4.90 Å². The minimum atomic E-state index is 0.839. The van der Waals surface area contributed by atoms with E-state index in [2.05, 4.69) is 18.7 Å². The van der Waals surface area contributed by atoms with E-state index in [4.69, 9.17) is 5.73 Å². The summed E-state index contributed by atoms with van der Waals surface area (Å²) in [5.41, 5.74) is 5.51. The molecule has 0 amide bonds. The first kappa shape index (κ1) is 12.0. The Morgan fingerprint density at radius 2 is 1.93 bits per heavy atom. The van der Waals surface area contributed by atoms with Gasteiger partial charge in [-0.25, -0.2) is 0 Å². The number of nitrogens with two attached hydrogens (primary N) is 1. The molecule has 2 N–H and O–H groups in total. The zero-order valence-electron chi connectivity index (χ0n) is 9.84. The largest absolute Gasteiger partial charge is 0.330 e. The lowest BCUT2D eigenvalue weighted by atomic mass is 10.1. The average Bonchev–Trinajstić information content (AvgIpc) is 2.94. The fourth-order valence-corrected chi connectivity index (χ4v) is 1.80. The van der Waals surface area contributed by atoms with Crippen LogP contribution < -0.4 is 5.73 Å². The lowest BCUT2D eigenvalue weighted by Gasteiger charge is -2.22. The van der Waals surface area contributed by atoms with E-state index < -0.39 is 0 Å². The van der Waals surface area contributed by atoms with Gasteiger partial charge in [-0.05, 0) is 57.7 Å². The molecule has 2 heteroatoms. The average molecular weight is 198 g/mol. The molecule has 0 radical (unpaired) electrons. The molecule has 0 unspecified atom stereocenters. The number of hydrogen-bond donors (Lipinski definition) is 1. The van der Waals surface area contributed by atoms with Gasteiger partial charge in [0.05, 0.1) is 0 Å². The van der Waals surface area contributed by atoms with Crippen LogP contribution in [-0.2, 0) is 0 Å². The van der Waals surface area contributed by atoms with Gasteiger partial charge in [0.1, 0.15) is 0 Å². The van der Waals surface area contributed by atoms with E-state index in [1.54, 1.807) is 0 Å². The Hall–Kier alpha value is -0.0800. The predicted octanol–water partition coefficient (Wildman–Crippen LogP) is 2.24. The van der Waals surface area contributed by atoms with Crippen molar-refractivity contribution in [2.75, 3.05) is 19.6 Å². The monoisotopic (exact) mass is 198 g/mol. The Morgan fingerprint density at radius 1 is 1.21 bits per heavy atom. The third kappa shape index (κ3) is 4.97. The van der Waals surface area contributed by atoms with Gasteiger partial charge in [-0.3, -0.25) is 0 Å². The molecule has 0 heterocycles. The number of rotatable bonds is 8. The van der Waals surface area contributed by atoms with Crippen LogP contribution in [0.15, 0.2) is 0 Å². The first-order chi connectivity index (χ1) is 6.74. The molecule has 0 aliphatic heterocycles. The predicted molar refractivity (Wildman–Crippen MR) is 62.3 cm³/mol. The van der Waals surface area contributed by atoms with Gasteiger partial charge in [0, 0.05) is 6.04 Å². The normalized spacial score (nSPS) is 16.9. The second-order valence-electron chi connectivity index (χ2n) is 4.95. The molecule has 0 bridgehead atoms. The Morgan fingerprint density at radius 3 is 2.43 bits per heavy atom. The molecule has 0 saturated heterocycles. The molecule has 0 spiro atoms. The van der Waals surface area contributed by atoms with Crippen LogP contribution in [0.4, 0.5) is 0 Å². The third-order valence-electron chi connectivity index (χ3n) is 2.96. The maximum atomic E-state index is 5.51. The molecule has 1 aliphatic carbocycles. The van der Waals surface area contributed by atoms with Gasteiger partial charge in [-0.2, -0.15) is 0 Å². The molecular formula is C12H26N2. The fraction of sp³-hybridized carbons (Fsp3) is 1.00. The van der Waals surface area contributed by atoms with Crippen LogP contribution in [0.25, 0.3) is 0 Å². The third-order valence-corrected chi connectivity index (χ3v) is 2.96. The second-order valence-corrected chi connectivity index (χ2v) is 4.95. The molecule has 1 rings (SSSR count). The molecule has 1 aliphatic rings. The van der Waals surface area contributed by atoms with Crippen molar-refractivity contribution in [3.63, 3.8) is 0 Å². The molecule has 84 valence electrons. The topological polar surface area (TPSA) is 29.3 Å². The Labute approximate surface area is 88.8 Å². The van der Waals surface area contributed by atoms with E-state index in [0.717, 1.165) is 18.5 Å². The van der Waals surface area contributed by atoms with Gasteiger partial charge < -0.3 is 10.6 Å². The van der Waals surface area contributed by atoms with Gasteiger partial charge >= 0.3 is 0 Å². The first-order valence-electron chi connectivity index (χ1n) is 6.18. The van der Waals surface area contributed by atoms with Crippen molar-refractivity contribution in [2.45, 2.75) is 52.0 Å². The van der Waals surface area contributed by atoms with Crippen LogP contribution in [-0.4, -0.2) is 30.6 Å². The first-order valence-corrected chi connectivity index (χ1v) is 6.18. The fourth-order valence-electron chi connectivity index (χ4n) is 1.80. The highest BCUT2D eigenvalue weighted by molar-refractivity contribution is 4.84. The molecule has 1 saturated carbocycles. The van der Waals surface area contributed by atoms with Crippen molar-refractivity contribution in [3.05, 3.63) is 0 Å². The van der Waals surface area contributed by atoms with E-state index in [0.29, 0.717) is 0 Å². The standard InChI is InChI=1S/C12H26N2/c1-11(2)7-10-14(12-5-6-12)9-4-3-8-13/h11-12H,3-10,13H2,1-2H3. The van der Waals surface area contributed by atoms with Crippen molar-refractivity contribution in [3.8, 4) is 0 Å². The van der Waals surface area contributed by atoms with Gasteiger partial charge in [-0.15, -0.1) is 0 Å². The highest BCUT2D eigenvalue weighted by Crippen LogP contribution is 2.27. The van der Waals surface area contributed by atoms with E-state index in [9.17, 15) is 0 Å². The van der Waals surface area contributed by atoms with Gasteiger partial charge in [0.25, 0.3) is 0 Å². The van der Waals surface area contributed by atoms with Crippen LogP contribution in [0.2, 0.25) is 0 Å². The summed E-state index contributed by atoms with van der Waals surface area (Å²) in [5, 5.41) is 0. The Balaban J connectivity index is 2.11. The van der Waals surface area contributed by atoms with Crippen molar-refractivity contribution < 1.29 is 0 Å². The number of hydrogen-bond acceptors (Lipinski definition) is 2. The van der Waals surface area contributed by atoms with Gasteiger partial charge in [0.15, 0.2) is 0 Å². The van der Waals surface area contributed by atoms with E-state index in [1.165, 1.54) is 45.2 Å². The maximum absolute atomic E-state index is 5.51. The summed E-state index contributed by atoms with van der Waals surface area (Å²) in [7, 11) is 0. The van der Waals surface area contributed by atoms with Crippen molar-refractivity contribution in [1.29, 1.82) is 0 Å². The molecule has 2 nitrogen and oxygen atoms in total. The quantitative estimate of drug-likeness (QED) is 0.606. The molecule has 0 aromatic heterocycles. The van der Waals surface area contributed by atoms with Crippen LogP contribution in [0, 0.1) is 5.92 Å². The molecule has 14 heavy (non-hydrogen) atoms. The summed E-state index contributed by atoms with van der Waals surface area (Å²) in [5.74, 6) is 0.839. The Bertz CT molecular complexity index is 141. The summed E-state index contributed by atoms with van der Waals surface area (Å²) in [6.45, 7) is 8.04. The number of unbranched alkanes of at least 4 members (excludes halogenated alkanes) is 1. The lowest BCUT2D eigenvalue weighted by molar-refractivity contribution is 0.243. The zero-order valence-corrected chi connectivity index (χ0v) is 9.84. The lowest BCUT2D eigenvalue weighted by Crippen LogP contribution is -2.29. The zero-order chi connectivity index (χ0) is 10.4. The second kappa shape index (κ2) is 6.41. The van der Waals surface area contributed by atoms with Crippen LogP contribution in [0.5, 0.6) is 0 Å². The summed E-state index contributed by atoms with van der Waals surface area (Å²) < 4.78 is 0. The van der Waals surface area contributed by atoms with E-state index >= 15 is 0 Å². The molecule has 0 aromatic rings. The molecule has 0 atom stereocenters. The summed E-state index contributed by atoms with van der Waals surface area (Å²) in [6, 6.07) is 0.923. The minimum absolute atomic E-state index is 0.839. The Kier molecular flexibility index (Phi) is 5.49. The smallest absolute Gasteiger partial charge is 0.00964 e. The minimum Gasteiger partial charge on any atom is -0.330 e.